The number of aryl methyl sites for hydroxylation is 2. The van der Waals surface area contributed by atoms with E-state index in [0.717, 1.165) is 54.5 Å². The van der Waals surface area contributed by atoms with Crippen LogP contribution in [0.1, 0.15) is 63.5 Å². The molecule has 6 nitrogen and oxygen atoms in total. The molecule has 7 heteroatoms. The SMILES string of the molecule is CCCCC(C=O)(CCCC)NS(=O)(=O)c1ccc(N(C)C)cc1CCc1ccc(OC)cc1. The second kappa shape index (κ2) is 12.9. The smallest absolute Gasteiger partial charge is 0.241 e. The number of anilines is 1. The molecule has 0 fully saturated rings. The van der Waals surface area contributed by atoms with E-state index in [0.29, 0.717) is 25.7 Å². The minimum atomic E-state index is -3.90. The fraction of sp³-hybridized carbons (Fsp3) is 0.519. The number of rotatable bonds is 15. The molecule has 0 atom stereocenters. The molecule has 1 N–H and O–H groups in total. The Hall–Kier alpha value is -2.38. The van der Waals surface area contributed by atoms with E-state index in [1.807, 2.05) is 69.2 Å². The summed E-state index contributed by atoms with van der Waals surface area (Å²) >= 11 is 0. The third-order valence-corrected chi connectivity index (χ3v) is 7.86. The summed E-state index contributed by atoms with van der Waals surface area (Å²) in [5.41, 5.74) is 1.70. The summed E-state index contributed by atoms with van der Waals surface area (Å²) in [5.74, 6) is 0.787. The van der Waals surface area contributed by atoms with Crippen molar-refractivity contribution in [3.05, 3.63) is 53.6 Å². The highest BCUT2D eigenvalue weighted by Crippen LogP contribution is 2.28. The number of carbonyl (C=O) groups is 1. The van der Waals surface area contributed by atoms with Crippen LogP contribution in [0.15, 0.2) is 47.4 Å². The van der Waals surface area contributed by atoms with E-state index < -0.39 is 15.6 Å². The topological polar surface area (TPSA) is 75.7 Å². The molecule has 2 aromatic carbocycles. The third kappa shape index (κ3) is 7.57. The van der Waals surface area contributed by atoms with Crippen LogP contribution in [-0.4, -0.2) is 41.4 Å². The average molecular weight is 489 g/mol. The van der Waals surface area contributed by atoms with Gasteiger partial charge in [0.05, 0.1) is 17.5 Å². The number of methoxy groups -OCH3 is 1. The van der Waals surface area contributed by atoms with E-state index in [4.69, 9.17) is 4.74 Å². The monoisotopic (exact) mass is 488 g/mol. The average Bonchev–Trinajstić information content (AvgIpc) is 2.84. The zero-order valence-corrected chi connectivity index (χ0v) is 22.1. The summed E-state index contributed by atoms with van der Waals surface area (Å²) in [6, 6.07) is 13.2. The summed E-state index contributed by atoms with van der Waals surface area (Å²) in [7, 11) is 1.60. The van der Waals surface area contributed by atoms with Crippen LogP contribution in [0.5, 0.6) is 5.75 Å². The zero-order valence-electron chi connectivity index (χ0n) is 21.3. The number of sulfonamides is 1. The van der Waals surface area contributed by atoms with Gasteiger partial charge < -0.3 is 14.4 Å². The lowest BCUT2D eigenvalue weighted by Gasteiger charge is -2.29. The Labute approximate surface area is 205 Å². The van der Waals surface area contributed by atoms with Crippen LogP contribution in [0.25, 0.3) is 0 Å². The van der Waals surface area contributed by atoms with E-state index in [1.165, 1.54) is 0 Å². The van der Waals surface area contributed by atoms with Crippen LogP contribution in [0, 0.1) is 0 Å². The summed E-state index contributed by atoms with van der Waals surface area (Å²) < 4.78 is 35.3. The number of hydrogen-bond acceptors (Lipinski definition) is 5. The van der Waals surface area contributed by atoms with E-state index >= 15 is 0 Å². The van der Waals surface area contributed by atoms with Crippen LogP contribution in [-0.2, 0) is 27.7 Å². The first-order valence-electron chi connectivity index (χ1n) is 12.1. The van der Waals surface area contributed by atoms with Gasteiger partial charge >= 0.3 is 0 Å². The van der Waals surface area contributed by atoms with Gasteiger partial charge in [-0.2, -0.15) is 4.72 Å². The molecule has 0 bridgehead atoms. The van der Waals surface area contributed by atoms with Crippen molar-refractivity contribution in [3.8, 4) is 5.75 Å². The Morgan fingerprint density at radius 1 is 0.971 bits per heavy atom. The van der Waals surface area contributed by atoms with Crippen molar-refractivity contribution in [1.82, 2.24) is 4.72 Å². The molecule has 0 aliphatic carbocycles. The number of hydrogen-bond donors (Lipinski definition) is 1. The van der Waals surface area contributed by atoms with Gasteiger partial charge in [-0.15, -0.1) is 0 Å². The van der Waals surface area contributed by atoms with Gasteiger partial charge in [-0.3, -0.25) is 0 Å². The Morgan fingerprint density at radius 3 is 2.09 bits per heavy atom. The highest BCUT2D eigenvalue weighted by molar-refractivity contribution is 7.89. The standard InChI is InChI=1S/C27H40N2O4S/c1-6-8-18-27(21-30,19-9-7-2)28-34(31,32)26-17-14-24(29(3)4)20-23(26)13-10-22-11-15-25(33-5)16-12-22/h11-12,14-17,20-21,28H,6-10,13,18-19H2,1-5H3. The second-order valence-electron chi connectivity index (χ2n) is 9.12. The highest BCUT2D eigenvalue weighted by Gasteiger charge is 2.35. The number of nitrogens with one attached hydrogen (secondary N) is 1. The van der Waals surface area contributed by atoms with Gasteiger partial charge in [-0.25, -0.2) is 8.42 Å². The van der Waals surface area contributed by atoms with Crippen LogP contribution >= 0.6 is 0 Å². The Kier molecular flexibility index (Phi) is 10.6. The molecular weight excluding hydrogens is 448 g/mol. The predicted molar refractivity (Wildman–Crippen MR) is 139 cm³/mol. The van der Waals surface area contributed by atoms with E-state index in [9.17, 15) is 13.2 Å². The van der Waals surface area contributed by atoms with Gasteiger partial charge in [0.1, 0.15) is 12.0 Å². The van der Waals surface area contributed by atoms with Crippen LogP contribution < -0.4 is 14.4 Å². The van der Waals surface area contributed by atoms with Crippen LogP contribution in [0.2, 0.25) is 0 Å². The lowest BCUT2D eigenvalue weighted by atomic mass is 9.90. The fourth-order valence-electron chi connectivity index (χ4n) is 4.05. The molecule has 0 saturated carbocycles. The Morgan fingerprint density at radius 2 is 1.59 bits per heavy atom. The van der Waals surface area contributed by atoms with Crippen molar-refractivity contribution < 1.29 is 17.9 Å². The molecule has 2 rings (SSSR count). The van der Waals surface area contributed by atoms with E-state index in [-0.39, 0.29) is 4.90 Å². The zero-order chi connectivity index (χ0) is 25.2. The first-order chi connectivity index (χ1) is 16.2. The number of unbranched alkanes of at least 4 members (excludes halogenated alkanes) is 2. The van der Waals surface area contributed by atoms with Gasteiger partial charge in [0.25, 0.3) is 0 Å². The molecule has 0 aromatic heterocycles. The molecular formula is C27H40N2O4S. The van der Waals surface area contributed by atoms with Gasteiger partial charge in [0.15, 0.2) is 0 Å². The molecule has 0 heterocycles. The maximum absolute atomic E-state index is 13.6. The Balaban J connectivity index is 2.40. The normalized spacial score (nSPS) is 11.9. The molecule has 188 valence electrons. The lowest BCUT2D eigenvalue weighted by molar-refractivity contribution is -0.113. The molecule has 0 saturated heterocycles. The first-order valence-corrected chi connectivity index (χ1v) is 13.6. The van der Waals surface area contributed by atoms with Crippen molar-refractivity contribution in [2.75, 3.05) is 26.1 Å². The number of carbonyl (C=O) groups excluding carboxylic acids is 1. The van der Waals surface area contributed by atoms with Crippen molar-refractivity contribution in [1.29, 1.82) is 0 Å². The largest absolute Gasteiger partial charge is 0.497 e. The van der Waals surface area contributed by atoms with E-state index in [2.05, 4.69) is 4.72 Å². The quantitative estimate of drug-likeness (QED) is 0.351. The van der Waals surface area contributed by atoms with E-state index in [1.54, 1.807) is 13.2 Å². The molecule has 0 amide bonds. The van der Waals surface area contributed by atoms with Gasteiger partial charge in [-0.05, 0) is 67.1 Å². The summed E-state index contributed by atoms with van der Waals surface area (Å²) in [5, 5.41) is 0. The van der Waals surface area contributed by atoms with Gasteiger partial charge in [0, 0.05) is 19.8 Å². The molecule has 2 aromatic rings. The van der Waals surface area contributed by atoms with Crippen molar-refractivity contribution >= 4 is 22.0 Å². The fourth-order valence-corrected chi connectivity index (χ4v) is 5.70. The summed E-state index contributed by atoms with van der Waals surface area (Å²) in [4.78, 5) is 14.4. The second-order valence-corrected chi connectivity index (χ2v) is 10.8. The van der Waals surface area contributed by atoms with Crippen molar-refractivity contribution in [2.24, 2.45) is 0 Å². The van der Waals surface area contributed by atoms with Gasteiger partial charge in [0.2, 0.25) is 10.0 Å². The molecule has 0 aliphatic rings. The first kappa shape index (κ1) is 27.9. The molecule has 0 spiro atoms. The Bertz CT molecular complexity index is 1010. The molecule has 34 heavy (non-hydrogen) atoms. The number of benzene rings is 2. The minimum Gasteiger partial charge on any atom is -0.497 e. The number of aldehydes is 1. The van der Waals surface area contributed by atoms with Crippen LogP contribution in [0.3, 0.4) is 0 Å². The number of ether oxygens (including phenoxy) is 1. The number of nitrogens with zero attached hydrogens (tertiary/aromatic N) is 1. The summed E-state index contributed by atoms with van der Waals surface area (Å²) in [6.45, 7) is 4.09. The molecule has 0 radical (unpaired) electrons. The molecule has 0 aliphatic heterocycles. The lowest BCUT2D eigenvalue weighted by Crippen LogP contribution is -2.50. The van der Waals surface area contributed by atoms with Gasteiger partial charge in [-0.1, -0.05) is 51.7 Å². The predicted octanol–water partition coefficient (Wildman–Crippen LogP) is 5.14. The minimum absolute atomic E-state index is 0.242. The van der Waals surface area contributed by atoms with Crippen LogP contribution in [0.4, 0.5) is 5.69 Å². The maximum Gasteiger partial charge on any atom is 0.241 e. The van der Waals surface area contributed by atoms with Crippen molar-refractivity contribution in [2.45, 2.75) is 75.6 Å². The highest BCUT2D eigenvalue weighted by atomic mass is 32.2. The molecule has 0 unspecified atom stereocenters. The summed E-state index contributed by atoms with van der Waals surface area (Å²) in [6.07, 6.45) is 6.43. The third-order valence-electron chi connectivity index (χ3n) is 6.21. The van der Waals surface area contributed by atoms with Crippen molar-refractivity contribution in [3.63, 3.8) is 0 Å². The maximum atomic E-state index is 13.6.